The normalized spacial score (nSPS) is 13.3. The minimum absolute atomic E-state index is 0.100. The van der Waals surface area contributed by atoms with Gasteiger partial charge < -0.3 is 20.8 Å². The molecule has 0 saturated carbocycles. The van der Waals surface area contributed by atoms with Crippen molar-refractivity contribution in [1.82, 2.24) is 0 Å². The zero-order chi connectivity index (χ0) is 22.7. The fraction of sp³-hybridized carbons (Fsp3) is 0.172. The third-order valence-corrected chi connectivity index (χ3v) is 6.47. The lowest BCUT2D eigenvalue weighted by Gasteiger charge is -2.34. The fourth-order valence-corrected chi connectivity index (χ4v) is 5.10. The summed E-state index contributed by atoms with van der Waals surface area (Å²) in [6.07, 6.45) is 0. The Morgan fingerprint density at radius 3 is 1.30 bits per heavy atom. The average molecular weight is 437 g/mol. The first kappa shape index (κ1) is 21.3. The number of rotatable bonds is 8. The molecule has 0 fully saturated rings. The number of anilines is 2. The minimum Gasteiger partial charge on any atom is -0.395 e. The number of aliphatic hydroxyl groups excluding tert-OH is 2. The summed E-state index contributed by atoms with van der Waals surface area (Å²) in [5.74, 6) is 0. The van der Waals surface area contributed by atoms with E-state index in [-0.39, 0.29) is 13.2 Å². The van der Waals surface area contributed by atoms with Crippen molar-refractivity contribution < 1.29 is 10.2 Å². The second-order valence-electron chi connectivity index (χ2n) is 8.30. The Kier molecular flexibility index (Phi) is 5.86. The van der Waals surface area contributed by atoms with Crippen LogP contribution in [0.1, 0.15) is 22.3 Å². The molecule has 0 heterocycles. The molecule has 0 radical (unpaired) electrons. The Morgan fingerprint density at radius 2 is 0.909 bits per heavy atom. The highest BCUT2D eigenvalue weighted by atomic mass is 16.3. The van der Waals surface area contributed by atoms with Crippen LogP contribution in [0.5, 0.6) is 0 Å². The van der Waals surface area contributed by atoms with E-state index in [0.29, 0.717) is 13.1 Å². The molecule has 0 bridgehead atoms. The first-order chi connectivity index (χ1) is 16.3. The van der Waals surface area contributed by atoms with Crippen molar-refractivity contribution in [3.63, 3.8) is 0 Å². The van der Waals surface area contributed by atoms with Crippen molar-refractivity contribution in [3.8, 4) is 11.1 Å². The molecule has 4 N–H and O–H groups in total. The van der Waals surface area contributed by atoms with Crippen molar-refractivity contribution in [2.75, 3.05) is 36.9 Å². The molecular formula is C29H28N2O2. The first-order valence-electron chi connectivity index (χ1n) is 11.4. The van der Waals surface area contributed by atoms with Gasteiger partial charge in [0.15, 0.2) is 0 Å². The van der Waals surface area contributed by atoms with Gasteiger partial charge in [-0.25, -0.2) is 0 Å². The van der Waals surface area contributed by atoms with E-state index in [0.717, 1.165) is 11.4 Å². The van der Waals surface area contributed by atoms with Crippen molar-refractivity contribution in [1.29, 1.82) is 0 Å². The van der Waals surface area contributed by atoms with E-state index in [2.05, 4.69) is 108 Å². The summed E-state index contributed by atoms with van der Waals surface area (Å²) >= 11 is 0. The lowest BCUT2D eigenvalue weighted by Crippen LogP contribution is -2.28. The van der Waals surface area contributed by atoms with Gasteiger partial charge in [-0.2, -0.15) is 0 Å². The van der Waals surface area contributed by atoms with Crippen molar-refractivity contribution in [2.45, 2.75) is 5.41 Å². The molecule has 0 unspecified atom stereocenters. The monoisotopic (exact) mass is 436 g/mol. The maximum absolute atomic E-state index is 9.16. The Hall–Kier alpha value is -3.60. The van der Waals surface area contributed by atoms with Crippen LogP contribution in [0, 0.1) is 0 Å². The Bertz CT molecular complexity index is 1130. The fourth-order valence-electron chi connectivity index (χ4n) is 5.10. The molecule has 0 spiro atoms. The second-order valence-corrected chi connectivity index (χ2v) is 8.30. The van der Waals surface area contributed by atoms with E-state index >= 15 is 0 Å². The quantitative estimate of drug-likeness (QED) is 0.281. The highest BCUT2D eigenvalue weighted by molar-refractivity contribution is 5.86. The van der Waals surface area contributed by atoms with Gasteiger partial charge in [-0.15, -0.1) is 0 Å². The van der Waals surface area contributed by atoms with E-state index in [9.17, 15) is 0 Å². The highest BCUT2D eigenvalue weighted by Crippen LogP contribution is 2.56. The predicted molar refractivity (Wildman–Crippen MR) is 135 cm³/mol. The lowest BCUT2D eigenvalue weighted by atomic mass is 9.67. The molecule has 1 aliphatic rings. The molecular weight excluding hydrogens is 408 g/mol. The van der Waals surface area contributed by atoms with Gasteiger partial charge in [-0.05, 0) is 57.6 Å². The Balaban J connectivity index is 1.72. The number of aliphatic hydroxyl groups is 2. The van der Waals surface area contributed by atoms with Crippen LogP contribution in [-0.2, 0) is 5.41 Å². The molecule has 0 amide bonds. The van der Waals surface area contributed by atoms with E-state index in [1.165, 1.54) is 33.4 Å². The van der Waals surface area contributed by atoms with E-state index in [4.69, 9.17) is 10.2 Å². The van der Waals surface area contributed by atoms with E-state index < -0.39 is 5.41 Å². The van der Waals surface area contributed by atoms with Gasteiger partial charge in [0.2, 0.25) is 0 Å². The lowest BCUT2D eigenvalue weighted by molar-refractivity contribution is 0.311. The molecule has 4 heteroatoms. The van der Waals surface area contributed by atoms with Crippen LogP contribution >= 0.6 is 0 Å². The molecule has 1 aliphatic carbocycles. The minimum atomic E-state index is -0.432. The Labute approximate surface area is 194 Å². The summed E-state index contributed by atoms with van der Waals surface area (Å²) in [6.45, 7) is 1.25. The number of benzene rings is 4. The van der Waals surface area contributed by atoms with Crippen LogP contribution in [0.4, 0.5) is 11.4 Å². The summed E-state index contributed by atoms with van der Waals surface area (Å²) in [6, 6.07) is 34.5. The van der Waals surface area contributed by atoms with Crippen molar-refractivity contribution >= 4 is 11.4 Å². The number of nitrogens with one attached hydrogen (secondary N) is 2. The third-order valence-electron chi connectivity index (χ3n) is 6.47. The number of fused-ring (bicyclic) bond motifs is 3. The summed E-state index contributed by atoms with van der Waals surface area (Å²) < 4.78 is 0. The van der Waals surface area contributed by atoms with Gasteiger partial charge in [-0.3, -0.25) is 0 Å². The van der Waals surface area contributed by atoms with Crippen LogP contribution in [-0.4, -0.2) is 36.5 Å². The van der Waals surface area contributed by atoms with Crippen LogP contribution in [0.15, 0.2) is 97.1 Å². The second kappa shape index (κ2) is 9.10. The maximum atomic E-state index is 9.16. The van der Waals surface area contributed by atoms with Crippen molar-refractivity contribution in [3.05, 3.63) is 119 Å². The molecule has 0 aliphatic heterocycles. The van der Waals surface area contributed by atoms with Gasteiger partial charge in [0.25, 0.3) is 0 Å². The predicted octanol–water partition coefficient (Wildman–Crippen LogP) is 4.86. The van der Waals surface area contributed by atoms with Gasteiger partial charge in [-0.1, -0.05) is 72.8 Å². The molecule has 0 atom stereocenters. The number of hydrogen-bond acceptors (Lipinski definition) is 4. The largest absolute Gasteiger partial charge is 0.395 e. The van der Waals surface area contributed by atoms with Crippen LogP contribution in [0.3, 0.4) is 0 Å². The molecule has 5 rings (SSSR count). The summed E-state index contributed by atoms with van der Waals surface area (Å²) in [5, 5.41) is 24.8. The molecule has 0 saturated heterocycles. The third kappa shape index (κ3) is 3.58. The maximum Gasteiger partial charge on any atom is 0.0713 e. The zero-order valence-electron chi connectivity index (χ0n) is 18.5. The summed E-state index contributed by atoms with van der Waals surface area (Å²) in [4.78, 5) is 0. The van der Waals surface area contributed by atoms with Gasteiger partial charge >= 0.3 is 0 Å². The number of hydrogen-bond donors (Lipinski definition) is 4. The smallest absolute Gasteiger partial charge is 0.0713 e. The van der Waals surface area contributed by atoms with E-state index in [1.807, 2.05) is 0 Å². The zero-order valence-corrected chi connectivity index (χ0v) is 18.5. The molecule has 166 valence electrons. The molecule has 0 aromatic heterocycles. The molecule has 4 aromatic carbocycles. The Morgan fingerprint density at radius 1 is 0.515 bits per heavy atom. The molecule has 33 heavy (non-hydrogen) atoms. The summed E-state index contributed by atoms with van der Waals surface area (Å²) in [5.41, 5.74) is 9.03. The van der Waals surface area contributed by atoms with Gasteiger partial charge in [0.05, 0.1) is 18.6 Å². The average Bonchev–Trinajstić information content (AvgIpc) is 3.18. The van der Waals surface area contributed by atoms with Crippen LogP contribution in [0.2, 0.25) is 0 Å². The van der Waals surface area contributed by atoms with Gasteiger partial charge in [0.1, 0.15) is 0 Å². The van der Waals surface area contributed by atoms with Crippen molar-refractivity contribution in [2.24, 2.45) is 0 Å². The molecule has 4 nitrogen and oxygen atoms in total. The van der Waals surface area contributed by atoms with Gasteiger partial charge in [0, 0.05) is 24.5 Å². The first-order valence-corrected chi connectivity index (χ1v) is 11.4. The summed E-state index contributed by atoms with van der Waals surface area (Å²) in [7, 11) is 0. The highest BCUT2D eigenvalue weighted by Gasteiger charge is 2.45. The van der Waals surface area contributed by atoms with Crippen LogP contribution in [0.25, 0.3) is 11.1 Å². The standard InChI is InChI=1S/C29H28N2O2/c32-19-17-30-23-13-9-21(10-14-23)29(22-11-15-24(16-12-22)31-18-20-33)27-7-3-1-5-25(27)26-6-2-4-8-28(26)29/h1-16,30-33H,17-20H2. The van der Waals surface area contributed by atoms with E-state index in [1.54, 1.807) is 0 Å². The molecule has 4 aromatic rings. The topological polar surface area (TPSA) is 64.5 Å². The van der Waals surface area contributed by atoms with Crippen LogP contribution < -0.4 is 10.6 Å². The SMILES string of the molecule is OCCNc1ccc(C2(c3ccc(NCCO)cc3)c3ccccc3-c3ccccc32)cc1.